The largest absolute Gasteiger partial charge is 0.256 e. The van der Waals surface area contributed by atoms with Crippen LogP contribution >= 0.6 is 0 Å². The zero-order valence-corrected chi connectivity index (χ0v) is 18.5. The van der Waals surface area contributed by atoms with E-state index < -0.39 is 0 Å². The Balaban J connectivity index is 2.03. The summed E-state index contributed by atoms with van der Waals surface area (Å²) in [6, 6.07) is 21.8. The van der Waals surface area contributed by atoms with Crippen LogP contribution in [-0.2, 0) is 5.41 Å². The van der Waals surface area contributed by atoms with Crippen molar-refractivity contribution in [2.24, 2.45) is 0 Å². The molecule has 0 atom stereocenters. The molecule has 1 aromatic heterocycles. The topological polar surface area (TPSA) is 12.9 Å². The summed E-state index contributed by atoms with van der Waals surface area (Å²) in [6.07, 6.45) is 9.53. The summed E-state index contributed by atoms with van der Waals surface area (Å²) in [5, 5.41) is 0. The molecule has 0 N–H and O–H groups in total. The van der Waals surface area contributed by atoms with Gasteiger partial charge in [-0.05, 0) is 54.4 Å². The molecule has 0 aliphatic heterocycles. The number of rotatable bonds is 9. The third-order valence-corrected chi connectivity index (χ3v) is 6.58. The van der Waals surface area contributed by atoms with Crippen molar-refractivity contribution < 1.29 is 0 Å². The van der Waals surface area contributed by atoms with Crippen LogP contribution in [0, 0.1) is 6.92 Å². The average molecular weight is 386 g/mol. The molecule has 0 saturated carbocycles. The highest BCUT2D eigenvalue weighted by atomic mass is 14.7. The number of hydrogen-bond acceptors (Lipinski definition) is 1. The molecule has 0 unspecified atom stereocenters. The van der Waals surface area contributed by atoms with Gasteiger partial charge in [0, 0.05) is 17.3 Å². The van der Waals surface area contributed by atoms with Crippen LogP contribution in [-0.4, -0.2) is 4.98 Å². The molecule has 3 aromatic rings. The predicted octanol–water partition coefficient (Wildman–Crippen LogP) is 8.36. The second-order valence-electron chi connectivity index (χ2n) is 8.24. The minimum atomic E-state index is 0.236. The van der Waals surface area contributed by atoms with Crippen molar-refractivity contribution in [1.82, 2.24) is 4.98 Å². The van der Waals surface area contributed by atoms with E-state index in [1.165, 1.54) is 66.3 Å². The van der Waals surface area contributed by atoms with E-state index in [0.29, 0.717) is 0 Å². The molecule has 1 nitrogen and oxygen atoms in total. The smallest absolute Gasteiger partial charge is 0.0708 e. The summed E-state index contributed by atoms with van der Waals surface area (Å²) in [7, 11) is 0. The highest BCUT2D eigenvalue weighted by Crippen LogP contribution is 2.42. The third-order valence-electron chi connectivity index (χ3n) is 6.58. The van der Waals surface area contributed by atoms with Gasteiger partial charge in [-0.3, -0.25) is 4.98 Å². The first-order valence-electron chi connectivity index (χ1n) is 11.3. The van der Waals surface area contributed by atoms with Crippen molar-refractivity contribution in [2.45, 2.75) is 71.6 Å². The van der Waals surface area contributed by atoms with Crippen LogP contribution in [0.1, 0.15) is 70.4 Å². The van der Waals surface area contributed by atoms with E-state index in [9.17, 15) is 0 Å². The third kappa shape index (κ3) is 4.61. The number of benzene rings is 2. The van der Waals surface area contributed by atoms with E-state index >= 15 is 0 Å². The summed E-state index contributed by atoms with van der Waals surface area (Å²) < 4.78 is 0. The molecule has 3 rings (SSSR count). The Kier molecular flexibility index (Phi) is 7.25. The molecule has 0 spiro atoms. The molecule has 1 heteroatoms. The van der Waals surface area contributed by atoms with E-state index in [4.69, 9.17) is 4.98 Å². The van der Waals surface area contributed by atoms with E-state index in [2.05, 4.69) is 88.4 Å². The van der Waals surface area contributed by atoms with Crippen molar-refractivity contribution in [1.29, 1.82) is 0 Å². The van der Waals surface area contributed by atoms with Crippen molar-refractivity contribution in [3.8, 4) is 22.4 Å². The van der Waals surface area contributed by atoms with Crippen molar-refractivity contribution in [3.63, 3.8) is 0 Å². The van der Waals surface area contributed by atoms with Gasteiger partial charge in [0.1, 0.15) is 0 Å². The van der Waals surface area contributed by atoms with Gasteiger partial charge in [0.05, 0.1) is 5.69 Å². The fourth-order valence-corrected chi connectivity index (χ4v) is 4.62. The molecule has 29 heavy (non-hydrogen) atoms. The molecule has 0 radical (unpaired) electrons. The highest BCUT2D eigenvalue weighted by Gasteiger charge is 2.30. The summed E-state index contributed by atoms with van der Waals surface area (Å²) in [4.78, 5) is 4.93. The summed E-state index contributed by atoms with van der Waals surface area (Å²) in [5.74, 6) is 0. The Morgan fingerprint density at radius 3 is 2.14 bits per heavy atom. The maximum atomic E-state index is 4.93. The Morgan fingerprint density at radius 1 is 0.793 bits per heavy atom. The Labute approximate surface area is 177 Å². The number of aromatic nitrogens is 1. The second-order valence-corrected chi connectivity index (χ2v) is 8.24. The van der Waals surface area contributed by atoms with Gasteiger partial charge >= 0.3 is 0 Å². The molecular formula is C28H35N. The van der Waals surface area contributed by atoms with Crippen LogP contribution in [0.3, 0.4) is 0 Å². The minimum Gasteiger partial charge on any atom is -0.256 e. The van der Waals surface area contributed by atoms with Crippen LogP contribution in [0.5, 0.6) is 0 Å². The zero-order valence-electron chi connectivity index (χ0n) is 18.5. The summed E-state index contributed by atoms with van der Waals surface area (Å²) in [6.45, 7) is 9.19. The first kappa shape index (κ1) is 21.3. The van der Waals surface area contributed by atoms with E-state index in [-0.39, 0.29) is 5.41 Å². The molecule has 0 aliphatic rings. The van der Waals surface area contributed by atoms with Crippen molar-refractivity contribution in [2.75, 3.05) is 0 Å². The van der Waals surface area contributed by atoms with E-state index in [0.717, 1.165) is 5.69 Å². The molecule has 0 amide bonds. The van der Waals surface area contributed by atoms with E-state index in [1.54, 1.807) is 0 Å². The standard InChI is InChI=1S/C28H35N/c1-5-8-14-19-28(6-2,7-3)26-18-13-12-17-24(26)27-20-22(4)25(21-29-27)23-15-10-9-11-16-23/h9-13,15-18,20-21H,5-8,14,19H2,1-4H3. The first-order valence-corrected chi connectivity index (χ1v) is 11.3. The maximum Gasteiger partial charge on any atom is 0.0708 e. The monoisotopic (exact) mass is 385 g/mol. The highest BCUT2D eigenvalue weighted by molar-refractivity contribution is 5.72. The SMILES string of the molecule is CCCCCC(CC)(CC)c1ccccc1-c1cc(C)c(-c2ccccc2)cn1. The molecule has 152 valence electrons. The summed E-state index contributed by atoms with van der Waals surface area (Å²) in [5.41, 5.74) is 7.83. The zero-order chi connectivity index (χ0) is 20.7. The average Bonchev–Trinajstić information content (AvgIpc) is 2.78. The Hall–Kier alpha value is -2.41. The lowest BCUT2D eigenvalue weighted by atomic mass is 9.70. The quantitative estimate of drug-likeness (QED) is 0.337. The lowest BCUT2D eigenvalue weighted by Gasteiger charge is -2.34. The van der Waals surface area contributed by atoms with Crippen molar-refractivity contribution in [3.05, 3.63) is 78.0 Å². The number of aryl methyl sites for hydroxylation is 1. The molecule has 1 heterocycles. The molecule has 2 aromatic carbocycles. The number of unbranched alkanes of at least 4 members (excludes halogenated alkanes) is 2. The molecule has 0 aliphatic carbocycles. The first-order chi connectivity index (χ1) is 14.1. The minimum absolute atomic E-state index is 0.236. The number of pyridine rings is 1. The van der Waals surface area contributed by atoms with Crippen LogP contribution < -0.4 is 0 Å². The fourth-order valence-electron chi connectivity index (χ4n) is 4.62. The number of hydrogen-bond donors (Lipinski definition) is 0. The summed E-state index contributed by atoms with van der Waals surface area (Å²) >= 11 is 0. The molecule has 0 fully saturated rings. The van der Waals surface area contributed by atoms with Gasteiger partial charge in [-0.25, -0.2) is 0 Å². The van der Waals surface area contributed by atoms with Gasteiger partial charge < -0.3 is 0 Å². The molecular weight excluding hydrogens is 350 g/mol. The lowest BCUT2D eigenvalue weighted by molar-refractivity contribution is 0.351. The predicted molar refractivity (Wildman–Crippen MR) is 126 cm³/mol. The fraction of sp³-hybridized carbons (Fsp3) is 0.393. The van der Waals surface area contributed by atoms with Crippen molar-refractivity contribution >= 4 is 0 Å². The normalized spacial score (nSPS) is 11.6. The second kappa shape index (κ2) is 9.87. The Morgan fingerprint density at radius 2 is 1.48 bits per heavy atom. The van der Waals surface area contributed by atoms with Crippen LogP contribution in [0.25, 0.3) is 22.4 Å². The van der Waals surface area contributed by atoms with Gasteiger partial charge in [-0.1, -0.05) is 94.6 Å². The number of nitrogens with zero attached hydrogens (tertiary/aromatic N) is 1. The van der Waals surface area contributed by atoms with Gasteiger partial charge in [0.2, 0.25) is 0 Å². The lowest BCUT2D eigenvalue weighted by Crippen LogP contribution is -2.25. The van der Waals surface area contributed by atoms with Crippen LogP contribution in [0.15, 0.2) is 66.9 Å². The molecule has 0 saturated heterocycles. The molecule has 0 bridgehead atoms. The van der Waals surface area contributed by atoms with Gasteiger partial charge in [0.15, 0.2) is 0 Å². The Bertz CT molecular complexity index is 907. The van der Waals surface area contributed by atoms with Gasteiger partial charge in [-0.15, -0.1) is 0 Å². The van der Waals surface area contributed by atoms with Crippen LogP contribution in [0.2, 0.25) is 0 Å². The van der Waals surface area contributed by atoms with Gasteiger partial charge in [0.25, 0.3) is 0 Å². The van der Waals surface area contributed by atoms with Gasteiger partial charge in [-0.2, -0.15) is 0 Å². The maximum absolute atomic E-state index is 4.93. The van der Waals surface area contributed by atoms with E-state index in [1.807, 2.05) is 6.20 Å². The van der Waals surface area contributed by atoms with Crippen LogP contribution in [0.4, 0.5) is 0 Å².